The van der Waals surface area contributed by atoms with Gasteiger partial charge in [-0.25, -0.2) is 4.99 Å². The van der Waals surface area contributed by atoms with Crippen LogP contribution in [0, 0.1) is 19.3 Å². The second-order valence-corrected chi connectivity index (χ2v) is 6.94. The SMILES string of the molecule is CCNC(=NCc1cc(C)oc1C)NCC1(CCOC)CCCC1.I. The summed E-state index contributed by atoms with van der Waals surface area (Å²) < 4.78 is 10.9. The lowest BCUT2D eigenvalue weighted by Gasteiger charge is -2.30. The second kappa shape index (κ2) is 11.1. The number of methoxy groups -OCH3 is 1. The number of hydrogen-bond acceptors (Lipinski definition) is 3. The number of ether oxygens (including phenoxy) is 1. The van der Waals surface area contributed by atoms with Crippen LogP contribution in [0.15, 0.2) is 15.5 Å². The van der Waals surface area contributed by atoms with Gasteiger partial charge in [-0.3, -0.25) is 0 Å². The van der Waals surface area contributed by atoms with Crippen molar-refractivity contribution in [1.82, 2.24) is 10.6 Å². The molecule has 1 fully saturated rings. The fourth-order valence-electron chi connectivity index (χ4n) is 3.58. The fourth-order valence-corrected chi connectivity index (χ4v) is 3.58. The molecule has 1 aromatic heterocycles. The van der Waals surface area contributed by atoms with Crippen LogP contribution in [-0.2, 0) is 11.3 Å². The molecule has 0 saturated heterocycles. The quantitative estimate of drug-likeness (QED) is 0.345. The highest BCUT2D eigenvalue weighted by molar-refractivity contribution is 14.0. The van der Waals surface area contributed by atoms with Crippen LogP contribution in [0.25, 0.3) is 0 Å². The van der Waals surface area contributed by atoms with Gasteiger partial charge in [0.05, 0.1) is 6.54 Å². The van der Waals surface area contributed by atoms with E-state index >= 15 is 0 Å². The number of rotatable bonds is 8. The summed E-state index contributed by atoms with van der Waals surface area (Å²) in [5.41, 5.74) is 1.51. The van der Waals surface area contributed by atoms with Gasteiger partial charge in [0.1, 0.15) is 11.5 Å². The Hall–Kier alpha value is -0.760. The number of aryl methyl sites for hydroxylation is 2. The van der Waals surface area contributed by atoms with Gasteiger partial charge in [-0.2, -0.15) is 0 Å². The van der Waals surface area contributed by atoms with Gasteiger partial charge in [0.25, 0.3) is 0 Å². The van der Waals surface area contributed by atoms with E-state index in [0.29, 0.717) is 12.0 Å². The monoisotopic (exact) mass is 463 g/mol. The van der Waals surface area contributed by atoms with Crippen LogP contribution in [0.3, 0.4) is 0 Å². The highest BCUT2D eigenvalue weighted by Crippen LogP contribution is 2.40. The second-order valence-electron chi connectivity index (χ2n) is 6.94. The molecule has 0 amide bonds. The van der Waals surface area contributed by atoms with Gasteiger partial charge >= 0.3 is 0 Å². The summed E-state index contributed by atoms with van der Waals surface area (Å²) in [6, 6.07) is 2.07. The first-order valence-corrected chi connectivity index (χ1v) is 9.15. The molecule has 5 nitrogen and oxygen atoms in total. The Bertz CT molecular complexity index is 537. The molecule has 0 aliphatic heterocycles. The first-order chi connectivity index (χ1) is 11.6. The largest absolute Gasteiger partial charge is 0.466 e. The molecule has 144 valence electrons. The third-order valence-electron chi connectivity index (χ3n) is 5.03. The third kappa shape index (κ3) is 6.81. The number of aliphatic imine (C=N–C) groups is 1. The number of guanidine groups is 1. The van der Waals surface area contributed by atoms with Crippen molar-refractivity contribution in [1.29, 1.82) is 0 Å². The minimum absolute atomic E-state index is 0. The predicted molar refractivity (Wildman–Crippen MR) is 114 cm³/mol. The number of nitrogens with one attached hydrogen (secondary N) is 2. The fraction of sp³-hybridized carbons (Fsp3) is 0.737. The summed E-state index contributed by atoms with van der Waals surface area (Å²) in [5, 5.41) is 6.92. The van der Waals surface area contributed by atoms with Crippen molar-refractivity contribution in [2.24, 2.45) is 10.4 Å². The molecule has 0 radical (unpaired) electrons. The van der Waals surface area contributed by atoms with Crippen molar-refractivity contribution in [2.75, 3.05) is 26.8 Å². The maximum atomic E-state index is 5.58. The molecule has 0 spiro atoms. The number of halogens is 1. The number of furan rings is 1. The van der Waals surface area contributed by atoms with E-state index in [1.807, 2.05) is 13.8 Å². The Morgan fingerprint density at radius 2 is 2.00 bits per heavy atom. The van der Waals surface area contributed by atoms with Crippen LogP contribution in [-0.4, -0.2) is 32.8 Å². The summed E-state index contributed by atoms with van der Waals surface area (Å²) in [6.07, 6.45) is 6.33. The Labute approximate surface area is 169 Å². The molecule has 1 aliphatic carbocycles. The van der Waals surface area contributed by atoms with E-state index in [9.17, 15) is 0 Å². The first kappa shape index (κ1) is 22.3. The van der Waals surface area contributed by atoms with Gasteiger partial charge in [-0.1, -0.05) is 12.8 Å². The minimum atomic E-state index is 0. The van der Waals surface area contributed by atoms with E-state index in [-0.39, 0.29) is 24.0 Å². The van der Waals surface area contributed by atoms with Crippen molar-refractivity contribution < 1.29 is 9.15 Å². The summed E-state index contributed by atoms with van der Waals surface area (Å²) in [4.78, 5) is 4.73. The van der Waals surface area contributed by atoms with Crippen molar-refractivity contribution in [3.63, 3.8) is 0 Å². The van der Waals surface area contributed by atoms with Gasteiger partial charge in [0.15, 0.2) is 5.96 Å². The molecular weight excluding hydrogens is 429 g/mol. The Morgan fingerprint density at radius 1 is 1.28 bits per heavy atom. The summed E-state index contributed by atoms with van der Waals surface area (Å²) >= 11 is 0. The van der Waals surface area contributed by atoms with E-state index in [0.717, 1.165) is 49.2 Å². The molecule has 1 saturated carbocycles. The van der Waals surface area contributed by atoms with Crippen LogP contribution >= 0.6 is 24.0 Å². The van der Waals surface area contributed by atoms with Crippen LogP contribution in [0.2, 0.25) is 0 Å². The van der Waals surface area contributed by atoms with E-state index in [1.165, 1.54) is 25.7 Å². The minimum Gasteiger partial charge on any atom is -0.466 e. The lowest BCUT2D eigenvalue weighted by molar-refractivity contribution is 0.138. The molecule has 2 rings (SSSR count). The highest BCUT2D eigenvalue weighted by atomic mass is 127. The Morgan fingerprint density at radius 3 is 2.56 bits per heavy atom. The van der Waals surface area contributed by atoms with Crippen LogP contribution in [0.4, 0.5) is 0 Å². The van der Waals surface area contributed by atoms with Crippen molar-refractivity contribution >= 4 is 29.9 Å². The van der Waals surface area contributed by atoms with Crippen molar-refractivity contribution in [2.45, 2.75) is 59.4 Å². The Kier molecular flexibility index (Phi) is 9.86. The predicted octanol–water partition coefficient (Wildman–Crippen LogP) is 4.17. The standard InChI is InChI=1S/C19H33N3O2.HI/c1-5-20-18(21-13-17-12-15(2)24-16(17)3)22-14-19(10-11-23-4)8-6-7-9-19;/h12H,5-11,13-14H2,1-4H3,(H2,20,21,22);1H. The molecule has 2 N–H and O–H groups in total. The zero-order valence-electron chi connectivity index (χ0n) is 16.1. The molecule has 6 heteroatoms. The topological polar surface area (TPSA) is 58.8 Å². The smallest absolute Gasteiger partial charge is 0.191 e. The van der Waals surface area contributed by atoms with Crippen molar-refractivity contribution in [3.05, 3.63) is 23.2 Å². The molecule has 25 heavy (non-hydrogen) atoms. The third-order valence-corrected chi connectivity index (χ3v) is 5.03. The van der Waals surface area contributed by atoms with E-state index in [1.54, 1.807) is 7.11 Å². The average Bonchev–Trinajstić information content (AvgIpc) is 3.15. The molecule has 0 bridgehead atoms. The first-order valence-electron chi connectivity index (χ1n) is 9.15. The molecule has 0 aromatic carbocycles. The van der Waals surface area contributed by atoms with Gasteiger partial charge < -0.3 is 19.8 Å². The van der Waals surface area contributed by atoms with Gasteiger partial charge in [0, 0.05) is 32.4 Å². The molecule has 1 heterocycles. The number of nitrogens with zero attached hydrogens (tertiary/aromatic N) is 1. The van der Waals surface area contributed by atoms with Crippen molar-refractivity contribution in [3.8, 4) is 0 Å². The van der Waals surface area contributed by atoms with Crippen LogP contribution < -0.4 is 10.6 Å². The normalized spacial score (nSPS) is 16.6. The molecule has 1 aliphatic rings. The zero-order chi connectivity index (χ0) is 17.4. The van der Waals surface area contributed by atoms with Gasteiger partial charge in [-0.05, 0) is 51.5 Å². The van der Waals surface area contributed by atoms with E-state index < -0.39 is 0 Å². The molecule has 1 aromatic rings. The Balaban J connectivity index is 0.00000312. The van der Waals surface area contributed by atoms with Crippen LogP contribution in [0.1, 0.15) is 56.1 Å². The maximum Gasteiger partial charge on any atom is 0.191 e. The number of hydrogen-bond donors (Lipinski definition) is 2. The summed E-state index contributed by atoms with van der Waals surface area (Å²) in [5.74, 6) is 2.79. The van der Waals surface area contributed by atoms with Gasteiger partial charge in [-0.15, -0.1) is 24.0 Å². The average molecular weight is 463 g/mol. The molecular formula is C19H34IN3O2. The zero-order valence-corrected chi connectivity index (χ0v) is 18.4. The maximum absolute atomic E-state index is 5.58. The van der Waals surface area contributed by atoms with Gasteiger partial charge in [0.2, 0.25) is 0 Å². The summed E-state index contributed by atoms with van der Waals surface area (Å²) in [6.45, 7) is 9.37. The van der Waals surface area contributed by atoms with E-state index in [2.05, 4.69) is 23.6 Å². The van der Waals surface area contributed by atoms with E-state index in [4.69, 9.17) is 14.1 Å². The molecule has 0 unspecified atom stereocenters. The lowest BCUT2D eigenvalue weighted by atomic mass is 9.83. The molecule has 0 atom stereocenters. The lowest BCUT2D eigenvalue weighted by Crippen LogP contribution is -2.43. The summed E-state index contributed by atoms with van der Waals surface area (Å²) in [7, 11) is 1.79. The van der Waals surface area contributed by atoms with Crippen LogP contribution in [0.5, 0.6) is 0 Å². The highest BCUT2D eigenvalue weighted by Gasteiger charge is 2.33.